The molecule has 0 saturated heterocycles. The number of aromatic nitrogens is 3. The predicted molar refractivity (Wildman–Crippen MR) is 67.4 cm³/mol. The van der Waals surface area contributed by atoms with Crippen LogP contribution < -0.4 is 11.1 Å². The fourth-order valence-electron chi connectivity index (χ4n) is 1.42. The summed E-state index contributed by atoms with van der Waals surface area (Å²) in [5, 5.41) is 3.11. The van der Waals surface area contributed by atoms with Crippen molar-refractivity contribution in [2.45, 2.75) is 6.42 Å². The fraction of sp³-hybridized carbons (Fsp3) is 0.250. The number of rotatable bonds is 5. The topological polar surface area (TPSA) is 76.7 Å². The second-order valence-electron chi connectivity index (χ2n) is 3.60. The van der Waals surface area contributed by atoms with Gasteiger partial charge in [0.2, 0.25) is 5.95 Å². The van der Waals surface area contributed by atoms with E-state index in [-0.39, 0.29) is 0 Å². The Hall–Kier alpha value is -2.01. The zero-order valence-electron chi connectivity index (χ0n) is 9.50. The van der Waals surface area contributed by atoms with Crippen LogP contribution in [0.3, 0.4) is 0 Å². The van der Waals surface area contributed by atoms with E-state index in [2.05, 4.69) is 20.3 Å². The van der Waals surface area contributed by atoms with Gasteiger partial charge in [0.25, 0.3) is 0 Å². The first-order valence-electron chi connectivity index (χ1n) is 5.56. The monoisotopic (exact) mass is 229 g/mol. The summed E-state index contributed by atoms with van der Waals surface area (Å²) in [6.45, 7) is 1.47. The summed E-state index contributed by atoms with van der Waals surface area (Å²) in [4.78, 5) is 12.5. The highest BCUT2D eigenvalue weighted by atomic mass is 15.1. The van der Waals surface area contributed by atoms with E-state index < -0.39 is 0 Å². The predicted octanol–water partition coefficient (Wildman–Crippen LogP) is 1.30. The maximum absolute atomic E-state index is 5.41. The van der Waals surface area contributed by atoms with E-state index in [1.54, 1.807) is 24.8 Å². The number of nitrogens with zero attached hydrogens (tertiary/aromatic N) is 3. The summed E-state index contributed by atoms with van der Waals surface area (Å²) < 4.78 is 0. The summed E-state index contributed by atoms with van der Waals surface area (Å²) in [6.07, 6.45) is 8.02. The van der Waals surface area contributed by atoms with Gasteiger partial charge >= 0.3 is 0 Å². The Balaban J connectivity index is 2.03. The molecular weight excluding hydrogens is 214 g/mol. The molecule has 0 fully saturated rings. The molecule has 0 bridgehead atoms. The van der Waals surface area contributed by atoms with Crippen molar-refractivity contribution in [2.75, 3.05) is 18.4 Å². The molecule has 2 aromatic rings. The van der Waals surface area contributed by atoms with Gasteiger partial charge in [0.15, 0.2) is 0 Å². The van der Waals surface area contributed by atoms with Gasteiger partial charge in [0, 0.05) is 36.9 Å². The first-order valence-corrected chi connectivity index (χ1v) is 5.56. The van der Waals surface area contributed by atoms with Crippen molar-refractivity contribution in [1.82, 2.24) is 15.0 Å². The minimum atomic E-state index is 0.635. The molecule has 5 nitrogen and oxygen atoms in total. The van der Waals surface area contributed by atoms with E-state index in [1.807, 2.05) is 12.1 Å². The Morgan fingerprint density at radius 2 is 1.76 bits per heavy atom. The lowest BCUT2D eigenvalue weighted by molar-refractivity contribution is 0.864. The van der Waals surface area contributed by atoms with Crippen LogP contribution in [0.15, 0.2) is 36.9 Å². The van der Waals surface area contributed by atoms with Gasteiger partial charge in [-0.1, -0.05) is 0 Å². The summed E-state index contributed by atoms with van der Waals surface area (Å²) in [5.41, 5.74) is 7.45. The van der Waals surface area contributed by atoms with Crippen molar-refractivity contribution in [3.63, 3.8) is 0 Å². The average molecular weight is 229 g/mol. The lowest BCUT2D eigenvalue weighted by atomic mass is 10.1. The SMILES string of the molecule is NCCCNc1ncc(-c2ccncc2)cn1. The number of anilines is 1. The molecule has 17 heavy (non-hydrogen) atoms. The Kier molecular flexibility index (Phi) is 3.99. The molecule has 3 N–H and O–H groups in total. The van der Waals surface area contributed by atoms with Crippen LogP contribution in [-0.2, 0) is 0 Å². The highest BCUT2D eigenvalue weighted by Crippen LogP contribution is 2.16. The molecular formula is C12H15N5. The van der Waals surface area contributed by atoms with Crippen LogP contribution in [0.5, 0.6) is 0 Å². The van der Waals surface area contributed by atoms with Crippen LogP contribution in [0, 0.1) is 0 Å². The molecule has 0 unspecified atom stereocenters. The second kappa shape index (κ2) is 5.91. The molecule has 0 aliphatic rings. The molecule has 0 spiro atoms. The van der Waals surface area contributed by atoms with E-state index in [4.69, 9.17) is 5.73 Å². The molecule has 0 amide bonds. The van der Waals surface area contributed by atoms with Crippen molar-refractivity contribution >= 4 is 5.95 Å². The van der Waals surface area contributed by atoms with E-state index in [0.717, 1.165) is 24.1 Å². The van der Waals surface area contributed by atoms with Gasteiger partial charge < -0.3 is 11.1 Å². The van der Waals surface area contributed by atoms with Gasteiger partial charge in [0.1, 0.15) is 0 Å². The minimum Gasteiger partial charge on any atom is -0.354 e. The van der Waals surface area contributed by atoms with Crippen LogP contribution in [0.4, 0.5) is 5.95 Å². The van der Waals surface area contributed by atoms with Gasteiger partial charge in [-0.15, -0.1) is 0 Å². The van der Waals surface area contributed by atoms with Crippen molar-refractivity contribution in [3.8, 4) is 11.1 Å². The lowest BCUT2D eigenvalue weighted by Crippen LogP contribution is -2.10. The van der Waals surface area contributed by atoms with E-state index >= 15 is 0 Å². The van der Waals surface area contributed by atoms with Crippen molar-refractivity contribution in [2.24, 2.45) is 5.73 Å². The van der Waals surface area contributed by atoms with Crippen LogP contribution in [0.2, 0.25) is 0 Å². The van der Waals surface area contributed by atoms with Crippen molar-refractivity contribution < 1.29 is 0 Å². The third-order valence-electron chi connectivity index (χ3n) is 2.33. The van der Waals surface area contributed by atoms with E-state index in [9.17, 15) is 0 Å². The first kappa shape index (κ1) is 11.5. The summed E-state index contributed by atoms with van der Waals surface area (Å²) in [6, 6.07) is 3.86. The minimum absolute atomic E-state index is 0.635. The van der Waals surface area contributed by atoms with E-state index in [1.165, 1.54) is 0 Å². The summed E-state index contributed by atoms with van der Waals surface area (Å²) in [7, 11) is 0. The van der Waals surface area contributed by atoms with Crippen LogP contribution >= 0.6 is 0 Å². The molecule has 2 aromatic heterocycles. The molecule has 0 aromatic carbocycles. The molecule has 0 radical (unpaired) electrons. The molecule has 88 valence electrons. The van der Waals surface area contributed by atoms with Crippen LogP contribution in [0.1, 0.15) is 6.42 Å². The van der Waals surface area contributed by atoms with Gasteiger partial charge in [-0.05, 0) is 30.7 Å². The third-order valence-corrected chi connectivity index (χ3v) is 2.33. The maximum Gasteiger partial charge on any atom is 0.222 e. The van der Waals surface area contributed by atoms with Crippen LogP contribution in [0.25, 0.3) is 11.1 Å². The number of pyridine rings is 1. The zero-order chi connectivity index (χ0) is 11.9. The Morgan fingerprint density at radius 3 is 2.41 bits per heavy atom. The third kappa shape index (κ3) is 3.22. The summed E-state index contributed by atoms with van der Waals surface area (Å²) in [5.74, 6) is 0.635. The number of hydrogen-bond donors (Lipinski definition) is 2. The Morgan fingerprint density at radius 1 is 1.06 bits per heavy atom. The van der Waals surface area contributed by atoms with Crippen molar-refractivity contribution in [3.05, 3.63) is 36.9 Å². The molecule has 2 rings (SSSR count). The average Bonchev–Trinajstić information content (AvgIpc) is 2.41. The lowest BCUT2D eigenvalue weighted by Gasteiger charge is -2.04. The number of nitrogens with two attached hydrogens (primary N) is 1. The van der Waals surface area contributed by atoms with Gasteiger partial charge in [0.05, 0.1) is 0 Å². The fourth-order valence-corrected chi connectivity index (χ4v) is 1.42. The van der Waals surface area contributed by atoms with Crippen LogP contribution in [-0.4, -0.2) is 28.0 Å². The van der Waals surface area contributed by atoms with Gasteiger partial charge in [-0.2, -0.15) is 0 Å². The number of hydrogen-bond acceptors (Lipinski definition) is 5. The molecule has 2 heterocycles. The molecule has 0 aliphatic carbocycles. The number of nitrogens with one attached hydrogen (secondary N) is 1. The molecule has 5 heteroatoms. The normalized spacial score (nSPS) is 10.2. The van der Waals surface area contributed by atoms with Crippen molar-refractivity contribution in [1.29, 1.82) is 0 Å². The van der Waals surface area contributed by atoms with Gasteiger partial charge in [-0.25, -0.2) is 9.97 Å². The Labute approximate surface area is 100 Å². The van der Waals surface area contributed by atoms with E-state index in [0.29, 0.717) is 12.5 Å². The second-order valence-corrected chi connectivity index (χ2v) is 3.60. The highest BCUT2D eigenvalue weighted by Gasteiger charge is 1.99. The molecule has 0 atom stereocenters. The standard InChI is InChI=1S/C12H15N5/c13-4-1-5-15-12-16-8-11(9-17-12)10-2-6-14-7-3-10/h2-3,6-9H,1,4-5,13H2,(H,15,16,17). The smallest absolute Gasteiger partial charge is 0.222 e. The van der Waals surface area contributed by atoms with Gasteiger partial charge in [-0.3, -0.25) is 4.98 Å². The zero-order valence-corrected chi connectivity index (χ0v) is 9.50. The quantitative estimate of drug-likeness (QED) is 0.756. The molecule has 0 aliphatic heterocycles. The first-order chi connectivity index (χ1) is 8.40. The molecule has 0 saturated carbocycles. The highest BCUT2D eigenvalue weighted by molar-refractivity contribution is 5.61. The Bertz CT molecular complexity index is 440. The largest absolute Gasteiger partial charge is 0.354 e. The summed E-state index contributed by atoms with van der Waals surface area (Å²) >= 11 is 0. The maximum atomic E-state index is 5.41.